The van der Waals surface area contributed by atoms with E-state index in [0.29, 0.717) is 6.61 Å². The van der Waals surface area contributed by atoms with Crippen molar-refractivity contribution < 1.29 is 9.53 Å². The van der Waals surface area contributed by atoms with Gasteiger partial charge < -0.3 is 4.74 Å². The van der Waals surface area contributed by atoms with Gasteiger partial charge in [-0.05, 0) is 6.42 Å². The summed E-state index contributed by atoms with van der Waals surface area (Å²) in [6, 6.07) is 0. The van der Waals surface area contributed by atoms with Gasteiger partial charge in [0.2, 0.25) is 0 Å². The van der Waals surface area contributed by atoms with E-state index in [4.69, 9.17) is 0 Å². The molecule has 0 saturated carbocycles. The average molecular weight is 112 g/mol. The van der Waals surface area contributed by atoms with Gasteiger partial charge in [-0.2, -0.15) is 0 Å². The van der Waals surface area contributed by atoms with Crippen molar-refractivity contribution in [2.75, 3.05) is 6.61 Å². The first kappa shape index (κ1) is 5.35. The Kier molecular flexibility index (Phi) is 1.33. The van der Waals surface area contributed by atoms with Crippen molar-refractivity contribution in [3.8, 4) is 0 Å². The second kappa shape index (κ2) is 1.99. The molecule has 1 saturated heterocycles. The number of carbonyl (C=O) groups is 1. The molecular weight excluding hydrogens is 104 g/mol. The van der Waals surface area contributed by atoms with Gasteiger partial charge in [-0.25, -0.2) is 0 Å². The number of hydrogen-bond acceptors (Lipinski definition) is 2. The van der Waals surface area contributed by atoms with E-state index in [1.54, 1.807) is 6.08 Å². The molecule has 1 aliphatic heterocycles. The maximum Gasteiger partial charge on any atom is 0.312 e. The van der Waals surface area contributed by atoms with Crippen LogP contribution in [0, 0.1) is 5.92 Å². The summed E-state index contributed by atoms with van der Waals surface area (Å²) in [6.45, 7) is 4.10. The van der Waals surface area contributed by atoms with Gasteiger partial charge in [0.05, 0.1) is 5.92 Å². The lowest BCUT2D eigenvalue weighted by molar-refractivity contribution is -0.168. The van der Waals surface area contributed by atoms with Crippen LogP contribution >= 0.6 is 0 Å². The van der Waals surface area contributed by atoms with E-state index in [2.05, 4.69) is 11.3 Å². The minimum atomic E-state index is -0.0788. The Labute approximate surface area is 48.1 Å². The van der Waals surface area contributed by atoms with Gasteiger partial charge in [-0.1, -0.05) is 6.08 Å². The lowest BCUT2D eigenvalue weighted by Gasteiger charge is -2.22. The first-order valence-electron chi connectivity index (χ1n) is 2.62. The van der Waals surface area contributed by atoms with Crippen LogP contribution in [0.4, 0.5) is 0 Å². The molecule has 0 amide bonds. The molecule has 0 aromatic carbocycles. The van der Waals surface area contributed by atoms with Gasteiger partial charge >= 0.3 is 5.97 Å². The second-order valence-corrected chi connectivity index (χ2v) is 1.85. The maximum absolute atomic E-state index is 10.4. The number of ether oxygens (including phenoxy) is 1. The zero-order chi connectivity index (χ0) is 5.98. The van der Waals surface area contributed by atoms with Crippen molar-refractivity contribution in [1.82, 2.24) is 0 Å². The normalized spacial score (nSPS) is 26.0. The van der Waals surface area contributed by atoms with Crippen LogP contribution in [0.2, 0.25) is 0 Å². The quantitative estimate of drug-likeness (QED) is 0.389. The van der Waals surface area contributed by atoms with Crippen molar-refractivity contribution in [3.05, 3.63) is 12.7 Å². The number of rotatable bonds is 2. The van der Waals surface area contributed by atoms with E-state index in [1.807, 2.05) is 0 Å². The van der Waals surface area contributed by atoms with Crippen LogP contribution < -0.4 is 0 Å². The fraction of sp³-hybridized carbons (Fsp3) is 0.500. The summed E-state index contributed by atoms with van der Waals surface area (Å²) in [5.74, 6) is 0.0393. The lowest BCUT2D eigenvalue weighted by atomic mass is 10.0. The number of esters is 1. The summed E-state index contributed by atoms with van der Waals surface area (Å²) in [4.78, 5) is 10.4. The third kappa shape index (κ3) is 0.735. The van der Waals surface area contributed by atoms with E-state index >= 15 is 0 Å². The molecule has 0 N–H and O–H groups in total. The molecule has 1 fully saturated rings. The summed E-state index contributed by atoms with van der Waals surface area (Å²) in [6.07, 6.45) is 2.50. The lowest BCUT2D eigenvalue weighted by Crippen LogP contribution is -2.33. The van der Waals surface area contributed by atoms with Crippen LogP contribution in [0.1, 0.15) is 6.42 Å². The van der Waals surface area contributed by atoms with Crippen LogP contribution in [0.3, 0.4) is 0 Å². The standard InChI is InChI=1S/C6H8O2/c1-2-3-5-4-8-6(5)7/h2,5H,1,3-4H2. The Morgan fingerprint density at radius 2 is 2.75 bits per heavy atom. The molecule has 2 nitrogen and oxygen atoms in total. The van der Waals surface area contributed by atoms with E-state index < -0.39 is 0 Å². The molecule has 2 heteroatoms. The fourth-order valence-electron chi connectivity index (χ4n) is 0.635. The van der Waals surface area contributed by atoms with E-state index in [-0.39, 0.29) is 11.9 Å². The van der Waals surface area contributed by atoms with Crippen LogP contribution in [0.5, 0.6) is 0 Å². The zero-order valence-corrected chi connectivity index (χ0v) is 4.59. The highest BCUT2D eigenvalue weighted by Crippen LogP contribution is 2.15. The monoisotopic (exact) mass is 112 g/mol. The van der Waals surface area contributed by atoms with Crippen molar-refractivity contribution >= 4 is 5.97 Å². The highest BCUT2D eigenvalue weighted by molar-refractivity contribution is 5.77. The zero-order valence-electron chi connectivity index (χ0n) is 4.59. The fourth-order valence-corrected chi connectivity index (χ4v) is 0.635. The summed E-state index contributed by atoms with van der Waals surface area (Å²) < 4.78 is 4.51. The topological polar surface area (TPSA) is 26.3 Å². The van der Waals surface area contributed by atoms with Crippen molar-refractivity contribution in [2.24, 2.45) is 5.92 Å². The molecule has 0 bridgehead atoms. The minimum Gasteiger partial charge on any atom is -0.464 e. The van der Waals surface area contributed by atoms with Gasteiger partial charge in [0, 0.05) is 0 Å². The summed E-state index contributed by atoms with van der Waals surface area (Å²) in [5, 5.41) is 0. The minimum absolute atomic E-state index is 0.0788. The molecule has 0 spiro atoms. The molecule has 0 aliphatic carbocycles. The molecule has 0 aromatic heterocycles. The van der Waals surface area contributed by atoms with Crippen molar-refractivity contribution in [2.45, 2.75) is 6.42 Å². The Hall–Kier alpha value is -0.790. The molecule has 1 unspecified atom stereocenters. The van der Waals surface area contributed by atoms with Gasteiger partial charge in [0.1, 0.15) is 6.61 Å². The molecular formula is C6H8O2. The average Bonchev–Trinajstić information content (AvgIpc) is 1.79. The van der Waals surface area contributed by atoms with E-state index in [1.165, 1.54) is 0 Å². The smallest absolute Gasteiger partial charge is 0.312 e. The molecule has 1 atom stereocenters. The molecule has 44 valence electrons. The third-order valence-corrected chi connectivity index (χ3v) is 1.21. The van der Waals surface area contributed by atoms with Gasteiger partial charge in [-0.3, -0.25) is 4.79 Å². The number of cyclic esters (lactones) is 1. The molecule has 1 aliphatic rings. The first-order valence-corrected chi connectivity index (χ1v) is 2.62. The molecule has 1 rings (SSSR count). The van der Waals surface area contributed by atoms with Crippen LogP contribution in [-0.2, 0) is 9.53 Å². The number of allylic oxidation sites excluding steroid dienone is 1. The van der Waals surface area contributed by atoms with Gasteiger partial charge in [0.15, 0.2) is 0 Å². The van der Waals surface area contributed by atoms with Gasteiger partial charge in [0.25, 0.3) is 0 Å². The number of hydrogen-bond donors (Lipinski definition) is 0. The summed E-state index contributed by atoms with van der Waals surface area (Å²) in [7, 11) is 0. The van der Waals surface area contributed by atoms with E-state index in [0.717, 1.165) is 6.42 Å². The van der Waals surface area contributed by atoms with Crippen LogP contribution in [0.25, 0.3) is 0 Å². The second-order valence-electron chi connectivity index (χ2n) is 1.85. The van der Waals surface area contributed by atoms with Gasteiger partial charge in [-0.15, -0.1) is 6.58 Å². The first-order chi connectivity index (χ1) is 3.84. The highest BCUT2D eigenvalue weighted by Gasteiger charge is 2.28. The predicted octanol–water partition coefficient (Wildman–Crippen LogP) is 0.736. The maximum atomic E-state index is 10.4. The summed E-state index contributed by atoms with van der Waals surface area (Å²) >= 11 is 0. The molecule has 8 heavy (non-hydrogen) atoms. The Morgan fingerprint density at radius 1 is 2.00 bits per heavy atom. The Morgan fingerprint density at radius 3 is 2.88 bits per heavy atom. The van der Waals surface area contributed by atoms with Crippen molar-refractivity contribution in [3.63, 3.8) is 0 Å². The van der Waals surface area contributed by atoms with E-state index in [9.17, 15) is 4.79 Å². The molecule has 0 aromatic rings. The molecule has 0 radical (unpaired) electrons. The molecule has 1 heterocycles. The largest absolute Gasteiger partial charge is 0.464 e. The number of carbonyl (C=O) groups excluding carboxylic acids is 1. The SMILES string of the molecule is C=CCC1COC1=O. The van der Waals surface area contributed by atoms with Crippen LogP contribution in [-0.4, -0.2) is 12.6 Å². The highest BCUT2D eigenvalue weighted by atomic mass is 16.6. The summed E-state index contributed by atoms with van der Waals surface area (Å²) in [5.41, 5.74) is 0. The Bertz CT molecular complexity index is 118. The van der Waals surface area contributed by atoms with Crippen molar-refractivity contribution in [1.29, 1.82) is 0 Å². The Balaban J connectivity index is 2.26. The predicted molar refractivity (Wildman–Crippen MR) is 29.3 cm³/mol. The third-order valence-electron chi connectivity index (χ3n) is 1.21. The van der Waals surface area contributed by atoms with Crippen LogP contribution in [0.15, 0.2) is 12.7 Å².